The highest BCUT2D eigenvalue weighted by atomic mass is 16.8. The Kier molecular flexibility index (Phi) is 2.26. The summed E-state index contributed by atoms with van der Waals surface area (Å²) in [5.74, 6) is -0.425. The van der Waals surface area contributed by atoms with Gasteiger partial charge in [0.05, 0.1) is 0 Å². The van der Waals surface area contributed by atoms with Gasteiger partial charge in [-0.15, -0.1) is 0 Å². The second-order valence-electron chi connectivity index (χ2n) is 9.43. The quantitative estimate of drug-likeness (QED) is 0.390. The number of hydrogen-bond acceptors (Lipinski definition) is 8. The van der Waals surface area contributed by atoms with Crippen LogP contribution in [0.5, 0.6) is 0 Å². The Morgan fingerprint density at radius 3 is 2.67 bits per heavy atom. The number of esters is 1. The Balaban J connectivity index is 1.46. The van der Waals surface area contributed by atoms with Gasteiger partial charge in [-0.25, -0.2) is 4.79 Å². The zero-order valence-corrected chi connectivity index (χ0v) is 15.1. The molecule has 0 aromatic heterocycles. The molecule has 7 rings (SSSR count). The number of hydrogen-bond donors (Lipinski definition) is 3. The third-order valence-electron chi connectivity index (χ3n) is 9.06. The lowest BCUT2D eigenvalue weighted by Crippen LogP contribution is -2.77. The summed E-state index contributed by atoms with van der Waals surface area (Å²) in [6.45, 7) is 3.82. The van der Waals surface area contributed by atoms with Gasteiger partial charge in [0, 0.05) is 16.6 Å². The van der Waals surface area contributed by atoms with Gasteiger partial charge >= 0.3 is 5.97 Å². The highest BCUT2D eigenvalue weighted by Crippen LogP contribution is 2.83. The second-order valence-corrected chi connectivity index (χ2v) is 9.43. The first-order valence-corrected chi connectivity index (χ1v) is 9.78. The normalized spacial score (nSPS) is 66.6. The number of fused-ring (bicyclic) bond motifs is 4. The van der Waals surface area contributed by atoms with E-state index < -0.39 is 52.1 Å². The van der Waals surface area contributed by atoms with Crippen LogP contribution in [0.25, 0.3) is 0 Å². The Morgan fingerprint density at radius 1 is 1.15 bits per heavy atom. The van der Waals surface area contributed by atoms with Crippen molar-refractivity contribution in [1.82, 2.24) is 0 Å². The number of carbonyl (C=O) groups is 1. The zero-order chi connectivity index (χ0) is 18.8. The largest absolute Gasteiger partial charge is 0.458 e. The maximum Gasteiger partial charge on any atom is 0.334 e. The lowest BCUT2D eigenvalue weighted by atomic mass is 9.44. The molecule has 0 unspecified atom stereocenters. The molecule has 0 amide bonds. The smallest absolute Gasteiger partial charge is 0.334 e. The fourth-order valence-electron chi connectivity index (χ4n) is 7.53. The van der Waals surface area contributed by atoms with Crippen LogP contribution < -0.4 is 0 Å². The number of aliphatic hydroxyl groups excluding tert-OH is 2. The molecule has 146 valence electrons. The van der Waals surface area contributed by atoms with E-state index in [4.69, 9.17) is 18.9 Å². The SMILES string of the molecule is CC[C@]12O[C@H]1[C@@H]1O[C@]13[C@]1(O[C@H]1[C@H](O)[C@@]1(O)C4=C(CC[C@]31C)C(=O)OC4)[C@H]2O. The summed E-state index contributed by atoms with van der Waals surface area (Å²) < 4.78 is 23.5. The molecule has 2 saturated carbocycles. The molecular weight excluding hydrogens is 356 g/mol. The molecule has 8 heteroatoms. The van der Waals surface area contributed by atoms with Gasteiger partial charge in [-0.2, -0.15) is 0 Å². The average Bonchev–Trinajstić information content (AvgIpc) is 3.54. The third-order valence-corrected chi connectivity index (χ3v) is 9.06. The number of aliphatic hydroxyl groups is 3. The summed E-state index contributed by atoms with van der Waals surface area (Å²) in [6, 6.07) is 0. The molecule has 5 fully saturated rings. The van der Waals surface area contributed by atoms with Crippen LogP contribution in [-0.2, 0) is 23.7 Å². The number of ether oxygens (including phenoxy) is 4. The molecule has 0 radical (unpaired) electrons. The Bertz CT molecular complexity index is 870. The third kappa shape index (κ3) is 1.15. The van der Waals surface area contributed by atoms with Gasteiger partial charge in [0.2, 0.25) is 0 Å². The minimum absolute atomic E-state index is 0.0286. The van der Waals surface area contributed by atoms with Gasteiger partial charge in [0.1, 0.15) is 53.9 Å². The molecule has 0 bridgehead atoms. The van der Waals surface area contributed by atoms with E-state index in [0.29, 0.717) is 30.4 Å². The van der Waals surface area contributed by atoms with Crippen LogP contribution >= 0.6 is 0 Å². The van der Waals surface area contributed by atoms with E-state index in [1.54, 1.807) is 0 Å². The lowest BCUT2D eigenvalue weighted by Gasteiger charge is -2.58. The zero-order valence-electron chi connectivity index (χ0n) is 15.1. The number of cyclic esters (lactones) is 1. The maximum absolute atomic E-state index is 12.1. The number of epoxide rings is 3. The highest BCUT2D eigenvalue weighted by Gasteiger charge is 3.03. The predicted molar refractivity (Wildman–Crippen MR) is 85.4 cm³/mol. The minimum atomic E-state index is -1.70. The van der Waals surface area contributed by atoms with Crippen LogP contribution in [0, 0.1) is 5.41 Å². The van der Waals surface area contributed by atoms with Crippen molar-refractivity contribution in [2.24, 2.45) is 5.41 Å². The molecule has 4 heterocycles. The summed E-state index contributed by atoms with van der Waals surface area (Å²) in [4.78, 5) is 12.1. The van der Waals surface area contributed by atoms with Crippen molar-refractivity contribution in [3.05, 3.63) is 11.1 Å². The van der Waals surface area contributed by atoms with E-state index in [1.807, 2.05) is 13.8 Å². The van der Waals surface area contributed by atoms with E-state index >= 15 is 0 Å². The van der Waals surface area contributed by atoms with Gasteiger partial charge in [-0.05, 0) is 19.3 Å². The first kappa shape index (κ1) is 15.8. The molecule has 0 aromatic carbocycles. The second kappa shape index (κ2) is 3.86. The molecule has 27 heavy (non-hydrogen) atoms. The minimum Gasteiger partial charge on any atom is -0.458 e. The molecule has 2 spiro atoms. The van der Waals surface area contributed by atoms with Crippen LogP contribution in [0.4, 0.5) is 0 Å². The van der Waals surface area contributed by atoms with Crippen molar-refractivity contribution >= 4 is 5.97 Å². The summed E-state index contributed by atoms with van der Waals surface area (Å²) in [5.41, 5.74) is -4.46. The first-order chi connectivity index (χ1) is 12.8. The fraction of sp³-hybridized carbons (Fsp3) is 0.842. The fourth-order valence-corrected chi connectivity index (χ4v) is 7.53. The number of rotatable bonds is 1. The topological polar surface area (TPSA) is 125 Å². The van der Waals surface area contributed by atoms with E-state index in [0.717, 1.165) is 0 Å². The van der Waals surface area contributed by atoms with E-state index in [2.05, 4.69) is 0 Å². The Labute approximate surface area is 155 Å². The van der Waals surface area contributed by atoms with E-state index in [-0.39, 0.29) is 18.8 Å². The lowest BCUT2D eigenvalue weighted by molar-refractivity contribution is -0.204. The highest BCUT2D eigenvalue weighted by molar-refractivity contribution is 5.93. The molecule has 3 N–H and O–H groups in total. The van der Waals surface area contributed by atoms with E-state index in [1.165, 1.54) is 0 Å². The van der Waals surface area contributed by atoms with Crippen LogP contribution in [0.2, 0.25) is 0 Å². The molecule has 3 aliphatic carbocycles. The van der Waals surface area contributed by atoms with Gasteiger partial charge in [-0.1, -0.05) is 13.8 Å². The average molecular weight is 378 g/mol. The van der Waals surface area contributed by atoms with Gasteiger partial charge in [0.15, 0.2) is 5.60 Å². The van der Waals surface area contributed by atoms with Crippen LogP contribution in [0.1, 0.15) is 33.1 Å². The van der Waals surface area contributed by atoms with Crippen molar-refractivity contribution in [3.63, 3.8) is 0 Å². The molecule has 7 aliphatic rings. The van der Waals surface area contributed by atoms with Crippen molar-refractivity contribution in [3.8, 4) is 0 Å². The molecule has 10 atom stereocenters. The molecule has 0 aromatic rings. The van der Waals surface area contributed by atoms with Crippen molar-refractivity contribution < 1.29 is 39.1 Å². The Morgan fingerprint density at radius 2 is 1.93 bits per heavy atom. The summed E-state index contributed by atoms with van der Waals surface area (Å²) in [7, 11) is 0. The monoisotopic (exact) mass is 378 g/mol. The van der Waals surface area contributed by atoms with Crippen molar-refractivity contribution in [2.45, 2.75) is 86.0 Å². The summed E-state index contributed by atoms with van der Waals surface area (Å²) >= 11 is 0. The Hall–Kier alpha value is -1.03. The molecule has 4 aliphatic heterocycles. The molecule has 8 nitrogen and oxygen atoms in total. The molecule has 3 saturated heterocycles. The van der Waals surface area contributed by atoms with Gasteiger partial charge in [-0.3, -0.25) is 0 Å². The van der Waals surface area contributed by atoms with Crippen molar-refractivity contribution in [2.75, 3.05) is 6.61 Å². The standard InChI is InChI=1S/C19H22O8/c1-3-16-11(25-16)12-19(27-12)15(2)5-4-7-8(6-24-13(7)21)17(15,23)9(20)10-18(19,26-10)14(16)22/h9-12,14,20,22-23H,3-6H2,1-2H3/t9-,10-,11-,12-,14-,15-,16-,17-,18+,19+/m0/s1. The van der Waals surface area contributed by atoms with Gasteiger partial charge in [0.25, 0.3) is 0 Å². The van der Waals surface area contributed by atoms with Crippen molar-refractivity contribution in [1.29, 1.82) is 0 Å². The molecular formula is C19H22O8. The van der Waals surface area contributed by atoms with Gasteiger partial charge < -0.3 is 34.3 Å². The van der Waals surface area contributed by atoms with Crippen LogP contribution in [0.3, 0.4) is 0 Å². The van der Waals surface area contributed by atoms with E-state index in [9.17, 15) is 20.1 Å². The first-order valence-electron chi connectivity index (χ1n) is 9.78. The van der Waals surface area contributed by atoms with Crippen LogP contribution in [0.15, 0.2) is 11.1 Å². The predicted octanol–water partition coefficient (Wildman–Crippen LogP) is -1.06. The summed E-state index contributed by atoms with van der Waals surface area (Å²) in [5, 5.41) is 34.4. The summed E-state index contributed by atoms with van der Waals surface area (Å²) in [6.07, 6.45) is -2.02. The number of carbonyl (C=O) groups excluding carboxylic acids is 1. The van der Waals surface area contributed by atoms with Crippen LogP contribution in [-0.4, -0.2) is 80.8 Å². The maximum atomic E-state index is 12.1.